The van der Waals surface area contributed by atoms with E-state index in [2.05, 4.69) is 0 Å². The van der Waals surface area contributed by atoms with Crippen molar-refractivity contribution < 1.29 is 19.0 Å². The fourth-order valence-electron chi connectivity index (χ4n) is 0.845. The highest BCUT2D eigenvalue weighted by atomic mass is 16.5. The number of nitrogens with zero attached hydrogens (tertiary/aromatic N) is 1. The topological polar surface area (TPSA) is 48.0 Å². The van der Waals surface area contributed by atoms with Crippen LogP contribution in [0.5, 0.6) is 0 Å². The number of amides is 1. The number of carbonyl (C=O) groups excluding carboxylic acids is 1. The van der Waals surface area contributed by atoms with Gasteiger partial charge in [-0.15, -0.1) is 0 Å². The van der Waals surface area contributed by atoms with Gasteiger partial charge in [-0.2, -0.15) is 0 Å². The monoisotopic (exact) mass is 219 g/mol. The van der Waals surface area contributed by atoms with Crippen molar-refractivity contribution in [3.05, 3.63) is 0 Å². The van der Waals surface area contributed by atoms with Gasteiger partial charge in [0.2, 0.25) is 6.41 Å². The van der Waals surface area contributed by atoms with E-state index in [-0.39, 0.29) is 0 Å². The van der Waals surface area contributed by atoms with Gasteiger partial charge in [0, 0.05) is 20.2 Å². The molecule has 0 spiro atoms. The molecule has 0 aliphatic heterocycles. The van der Waals surface area contributed by atoms with Crippen molar-refractivity contribution in [3.63, 3.8) is 0 Å². The molecule has 0 bridgehead atoms. The average molecular weight is 219 g/mol. The van der Waals surface area contributed by atoms with Crippen LogP contribution >= 0.6 is 0 Å². The van der Waals surface area contributed by atoms with Crippen LogP contribution in [0.15, 0.2) is 0 Å². The maximum Gasteiger partial charge on any atom is 0.209 e. The summed E-state index contributed by atoms with van der Waals surface area (Å²) in [5, 5.41) is 0. The van der Waals surface area contributed by atoms with E-state index < -0.39 is 0 Å². The van der Waals surface area contributed by atoms with Crippen molar-refractivity contribution in [3.8, 4) is 0 Å². The summed E-state index contributed by atoms with van der Waals surface area (Å²) in [5.41, 5.74) is 0. The molecule has 0 aromatic rings. The molecule has 0 unspecified atom stereocenters. The Kier molecular flexibility index (Phi) is 10.9. The zero-order valence-corrected chi connectivity index (χ0v) is 9.61. The Hall–Kier alpha value is -0.650. The smallest absolute Gasteiger partial charge is 0.209 e. The summed E-state index contributed by atoms with van der Waals surface area (Å²) in [6, 6.07) is 0. The second kappa shape index (κ2) is 11.4. The van der Waals surface area contributed by atoms with Gasteiger partial charge in [-0.1, -0.05) is 0 Å². The van der Waals surface area contributed by atoms with Crippen molar-refractivity contribution in [2.24, 2.45) is 0 Å². The Labute approximate surface area is 91.3 Å². The van der Waals surface area contributed by atoms with Crippen molar-refractivity contribution in [2.75, 3.05) is 53.2 Å². The molecule has 1 amide bonds. The van der Waals surface area contributed by atoms with Crippen molar-refractivity contribution in [2.45, 2.75) is 6.92 Å². The largest absolute Gasteiger partial charge is 0.379 e. The molecular weight excluding hydrogens is 198 g/mol. The van der Waals surface area contributed by atoms with Crippen LogP contribution in [-0.2, 0) is 19.0 Å². The van der Waals surface area contributed by atoms with Crippen LogP contribution in [-0.4, -0.2) is 64.5 Å². The lowest BCUT2D eigenvalue weighted by Crippen LogP contribution is -2.22. The maximum absolute atomic E-state index is 10.2. The summed E-state index contributed by atoms with van der Waals surface area (Å²) in [6.45, 7) is 6.18. The third-order valence-electron chi connectivity index (χ3n) is 1.72. The molecule has 0 aromatic carbocycles. The van der Waals surface area contributed by atoms with Crippen LogP contribution in [0.3, 0.4) is 0 Å². The predicted octanol–water partition coefficient (Wildman–Crippen LogP) is 0.144. The van der Waals surface area contributed by atoms with E-state index in [0.29, 0.717) is 39.6 Å². The van der Waals surface area contributed by atoms with Crippen molar-refractivity contribution in [1.82, 2.24) is 4.90 Å². The number of carbonyl (C=O) groups is 1. The molecule has 0 N–H and O–H groups in total. The summed E-state index contributed by atoms with van der Waals surface area (Å²) in [5.74, 6) is 0. The highest BCUT2D eigenvalue weighted by Crippen LogP contribution is 1.82. The second-order valence-corrected chi connectivity index (χ2v) is 3.01. The normalized spacial score (nSPS) is 10.3. The predicted molar refractivity (Wildman–Crippen MR) is 56.8 cm³/mol. The van der Waals surface area contributed by atoms with Crippen LogP contribution in [0.1, 0.15) is 6.92 Å². The molecule has 0 fully saturated rings. The van der Waals surface area contributed by atoms with Gasteiger partial charge in [-0.05, 0) is 6.92 Å². The SMILES string of the molecule is CCOCCOCCOCCN(C)C=O. The number of hydrogen-bond acceptors (Lipinski definition) is 4. The average Bonchev–Trinajstić information content (AvgIpc) is 2.26. The van der Waals surface area contributed by atoms with Gasteiger partial charge in [-0.3, -0.25) is 4.79 Å². The maximum atomic E-state index is 10.2. The minimum atomic E-state index is 0.546. The van der Waals surface area contributed by atoms with Crippen LogP contribution in [0, 0.1) is 0 Å². The summed E-state index contributed by atoms with van der Waals surface area (Å²) in [7, 11) is 1.72. The Balaban J connectivity index is 2.95. The fourth-order valence-corrected chi connectivity index (χ4v) is 0.845. The molecule has 15 heavy (non-hydrogen) atoms. The second-order valence-electron chi connectivity index (χ2n) is 3.01. The molecule has 5 nitrogen and oxygen atoms in total. The van der Waals surface area contributed by atoms with Crippen LogP contribution < -0.4 is 0 Å². The molecule has 0 saturated carbocycles. The third-order valence-corrected chi connectivity index (χ3v) is 1.72. The first-order valence-electron chi connectivity index (χ1n) is 5.20. The van der Waals surface area contributed by atoms with E-state index in [0.717, 1.165) is 13.0 Å². The first-order valence-corrected chi connectivity index (χ1v) is 5.20. The summed E-state index contributed by atoms with van der Waals surface area (Å²) < 4.78 is 15.6. The van der Waals surface area contributed by atoms with E-state index in [4.69, 9.17) is 14.2 Å². The molecule has 0 aromatic heterocycles. The van der Waals surface area contributed by atoms with E-state index in [1.54, 1.807) is 7.05 Å². The molecule has 90 valence electrons. The highest BCUT2D eigenvalue weighted by Gasteiger charge is 1.93. The molecule has 0 radical (unpaired) electrons. The van der Waals surface area contributed by atoms with E-state index >= 15 is 0 Å². The Bertz CT molecular complexity index is 143. The lowest BCUT2D eigenvalue weighted by atomic mass is 10.6. The standard InChI is InChI=1S/C10H21NO4/c1-3-13-6-7-15-9-8-14-5-4-11(2)10-12/h10H,3-9H2,1-2H3. The molecule has 0 saturated heterocycles. The first kappa shape index (κ1) is 14.3. The van der Waals surface area contributed by atoms with Gasteiger partial charge in [0.05, 0.1) is 33.0 Å². The van der Waals surface area contributed by atoms with Gasteiger partial charge in [0.15, 0.2) is 0 Å². The molecule has 0 heterocycles. The molecular formula is C10H21NO4. The van der Waals surface area contributed by atoms with E-state index in [1.165, 1.54) is 4.90 Å². The van der Waals surface area contributed by atoms with Gasteiger partial charge in [-0.25, -0.2) is 0 Å². The van der Waals surface area contributed by atoms with E-state index in [9.17, 15) is 4.79 Å². The molecule has 0 aliphatic carbocycles. The van der Waals surface area contributed by atoms with Gasteiger partial charge in [0.25, 0.3) is 0 Å². The van der Waals surface area contributed by atoms with Crippen molar-refractivity contribution in [1.29, 1.82) is 0 Å². The summed E-state index contributed by atoms with van der Waals surface area (Å²) >= 11 is 0. The quantitative estimate of drug-likeness (QED) is 0.366. The Morgan fingerprint density at radius 3 is 2.07 bits per heavy atom. The van der Waals surface area contributed by atoms with Gasteiger partial charge < -0.3 is 19.1 Å². The van der Waals surface area contributed by atoms with Gasteiger partial charge in [0.1, 0.15) is 0 Å². The molecule has 0 rings (SSSR count). The number of hydrogen-bond donors (Lipinski definition) is 0. The zero-order chi connectivity index (χ0) is 11.4. The Morgan fingerprint density at radius 1 is 1.00 bits per heavy atom. The van der Waals surface area contributed by atoms with Crippen LogP contribution in [0.25, 0.3) is 0 Å². The number of rotatable bonds is 11. The number of ether oxygens (including phenoxy) is 3. The summed E-state index contributed by atoms with van der Waals surface area (Å²) in [6.07, 6.45) is 0.780. The lowest BCUT2D eigenvalue weighted by molar-refractivity contribution is -0.117. The molecule has 0 aliphatic rings. The van der Waals surface area contributed by atoms with Crippen molar-refractivity contribution >= 4 is 6.41 Å². The lowest BCUT2D eigenvalue weighted by Gasteiger charge is -2.10. The van der Waals surface area contributed by atoms with Gasteiger partial charge >= 0.3 is 0 Å². The Morgan fingerprint density at radius 2 is 1.53 bits per heavy atom. The summed E-state index contributed by atoms with van der Waals surface area (Å²) in [4.78, 5) is 11.7. The number of likely N-dealkylation sites (N-methyl/N-ethyl adjacent to an activating group) is 1. The van der Waals surface area contributed by atoms with Crippen LogP contribution in [0.4, 0.5) is 0 Å². The molecule has 0 atom stereocenters. The fraction of sp³-hybridized carbons (Fsp3) is 0.900. The zero-order valence-electron chi connectivity index (χ0n) is 9.61. The minimum Gasteiger partial charge on any atom is -0.379 e. The van der Waals surface area contributed by atoms with Crippen LogP contribution in [0.2, 0.25) is 0 Å². The third kappa shape index (κ3) is 11.3. The highest BCUT2D eigenvalue weighted by molar-refractivity contribution is 5.46. The van der Waals surface area contributed by atoms with E-state index in [1.807, 2.05) is 6.92 Å². The molecule has 5 heteroatoms. The first-order chi connectivity index (χ1) is 7.31. The minimum absolute atomic E-state index is 0.546.